The number of hydrogen-bond donors (Lipinski definition) is 1. The minimum Gasteiger partial charge on any atom is -0.464 e. The van der Waals surface area contributed by atoms with E-state index in [1.807, 2.05) is 30.3 Å². The Morgan fingerprint density at radius 2 is 1.61 bits per heavy atom. The number of amides is 1. The second-order valence-electron chi connectivity index (χ2n) is 5.95. The van der Waals surface area contributed by atoms with Crippen LogP contribution in [0, 0.1) is 0 Å². The van der Waals surface area contributed by atoms with E-state index in [1.165, 1.54) is 6.92 Å². The predicted molar refractivity (Wildman–Crippen MR) is 102 cm³/mol. The van der Waals surface area contributed by atoms with Gasteiger partial charge in [0.05, 0.1) is 6.61 Å². The Kier molecular flexibility index (Phi) is 8.02. The van der Waals surface area contributed by atoms with Crippen molar-refractivity contribution in [2.45, 2.75) is 32.9 Å². The Bertz CT molecular complexity index is 788. The average molecular weight is 385 g/mol. The van der Waals surface area contributed by atoms with E-state index in [1.54, 1.807) is 31.2 Å². The lowest BCUT2D eigenvalue weighted by Crippen LogP contribution is -2.43. The molecule has 0 saturated carbocycles. The summed E-state index contributed by atoms with van der Waals surface area (Å²) in [6, 6.07) is 15.0. The standard InChI is InChI=1S/C21H23NO6/c1-3-26-20(24)19(13-16-9-11-18(12-10-16)28-15(2)23)22-21(25)27-14-17-7-5-4-6-8-17/h4-12,19H,3,13-14H2,1-2H3,(H,22,25)/t19-/m0/s1. The summed E-state index contributed by atoms with van der Waals surface area (Å²) in [4.78, 5) is 35.3. The summed E-state index contributed by atoms with van der Waals surface area (Å²) in [7, 11) is 0. The van der Waals surface area contributed by atoms with Gasteiger partial charge in [0, 0.05) is 13.3 Å². The molecule has 28 heavy (non-hydrogen) atoms. The molecule has 1 N–H and O–H groups in total. The maximum absolute atomic E-state index is 12.2. The van der Waals surface area contributed by atoms with Gasteiger partial charge in [0.15, 0.2) is 0 Å². The number of benzene rings is 2. The molecule has 0 aliphatic carbocycles. The van der Waals surface area contributed by atoms with E-state index in [0.717, 1.165) is 11.1 Å². The van der Waals surface area contributed by atoms with E-state index < -0.39 is 24.1 Å². The van der Waals surface area contributed by atoms with Crippen molar-refractivity contribution < 1.29 is 28.6 Å². The molecule has 0 spiro atoms. The van der Waals surface area contributed by atoms with Crippen LogP contribution in [0.25, 0.3) is 0 Å². The first kappa shape index (κ1) is 21.0. The van der Waals surface area contributed by atoms with Crippen LogP contribution in [0.2, 0.25) is 0 Å². The highest BCUT2D eigenvalue weighted by molar-refractivity contribution is 5.81. The number of esters is 2. The first-order valence-corrected chi connectivity index (χ1v) is 8.89. The van der Waals surface area contributed by atoms with Crippen LogP contribution >= 0.6 is 0 Å². The molecule has 1 atom stereocenters. The smallest absolute Gasteiger partial charge is 0.408 e. The highest BCUT2D eigenvalue weighted by atomic mass is 16.6. The van der Waals surface area contributed by atoms with Crippen LogP contribution in [0.3, 0.4) is 0 Å². The van der Waals surface area contributed by atoms with Gasteiger partial charge in [0.25, 0.3) is 0 Å². The molecule has 2 rings (SSSR count). The molecule has 2 aromatic carbocycles. The van der Waals surface area contributed by atoms with Gasteiger partial charge in [-0.25, -0.2) is 9.59 Å². The zero-order valence-electron chi connectivity index (χ0n) is 15.8. The molecular weight excluding hydrogens is 362 g/mol. The minimum absolute atomic E-state index is 0.0965. The van der Waals surface area contributed by atoms with Crippen LogP contribution in [-0.2, 0) is 32.1 Å². The zero-order chi connectivity index (χ0) is 20.4. The number of rotatable bonds is 8. The second kappa shape index (κ2) is 10.7. The third-order valence-electron chi connectivity index (χ3n) is 3.70. The van der Waals surface area contributed by atoms with Gasteiger partial charge in [0.2, 0.25) is 0 Å². The van der Waals surface area contributed by atoms with Gasteiger partial charge < -0.3 is 19.5 Å². The van der Waals surface area contributed by atoms with Gasteiger partial charge >= 0.3 is 18.0 Å². The Morgan fingerprint density at radius 3 is 2.21 bits per heavy atom. The van der Waals surface area contributed by atoms with Gasteiger partial charge in [-0.1, -0.05) is 42.5 Å². The van der Waals surface area contributed by atoms with Gasteiger partial charge in [0.1, 0.15) is 18.4 Å². The lowest BCUT2D eigenvalue weighted by molar-refractivity contribution is -0.145. The number of carbonyl (C=O) groups is 3. The van der Waals surface area contributed by atoms with Crippen LogP contribution < -0.4 is 10.1 Å². The Labute approximate surface area is 163 Å². The van der Waals surface area contributed by atoms with E-state index in [2.05, 4.69) is 5.32 Å². The van der Waals surface area contributed by atoms with Crippen LogP contribution in [-0.4, -0.2) is 30.7 Å². The van der Waals surface area contributed by atoms with Crippen molar-refractivity contribution in [2.75, 3.05) is 6.61 Å². The highest BCUT2D eigenvalue weighted by Crippen LogP contribution is 2.14. The van der Waals surface area contributed by atoms with E-state index in [4.69, 9.17) is 14.2 Å². The summed E-state index contributed by atoms with van der Waals surface area (Å²) in [5.74, 6) is -0.567. The molecule has 0 heterocycles. The molecule has 7 heteroatoms. The predicted octanol–water partition coefficient (Wildman–Crippen LogP) is 3.01. The fraction of sp³-hybridized carbons (Fsp3) is 0.286. The molecule has 1 amide bonds. The normalized spacial score (nSPS) is 11.2. The molecule has 2 aromatic rings. The van der Waals surface area contributed by atoms with E-state index >= 15 is 0 Å². The third kappa shape index (κ3) is 7.11. The molecule has 0 aliphatic heterocycles. The first-order chi connectivity index (χ1) is 13.5. The molecule has 0 unspecified atom stereocenters. The third-order valence-corrected chi connectivity index (χ3v) is 3.70. The van der Waals surface area contributed by atoms with Gasteiger partial charge in [-0.05, 0) is 30.2 Å². The van der Waals surface area contributed by atoms with E-state index in [0.29, 0.717) is 5.75 Å². The fourth-order valence-corrected chi connectivity index (χ4v) is 2.44. The van der Waals surface area contributed by atoms with Crippen molar-refractivity contribution >= 4 is 18.0 Å². The second-order valence-corrected chi connectivity index (χ2v) is 5.95. The van der Waals surface area contributed by atoms with E-state index in [-0.39, 0.29) is 19.6 Å². The fourth-order valence-electron chi connectivity index (χ4n) is 2.44. The van der Waals surface area contributed by atoms with Crippen LogP contribution in [0.1, 0.15) is 25.0 Å². The molecule has 0 bridgehead atoms. The van der Waals surface area contributed by atoms with Crippen molar-refractivity contribution in [3.8, 4) is 5.75 Å². The highest BCUT2D eigenvalue weighted by Gasteiger charge is 2.23. The number of nitrogens with one attached hydrogen (secondary N) is 1. The SMILES string of the molecule is CCOC(=O)[C@H](Cc1ccc(OC(C)=O)cc1)NC(=O)OCc1ccccc1. The lowest BCUT2D eigenvalue weighted by atomic mass is 10.1. The average Bonchev–Trinajstić information content (AvgIpc) is 2.68. The van der Waals surface area contributed by atoms with Crippen molar-refractivity contribution in [1.82, 2.24) is 5.32 Å². The molecule has 148 valence electrons. The van der Waals surface area contributed by atoms with Crippen molar-refractivity contribution in [2.24, 2.45) is 0 Å². The summed E-state index contributed by atoms with van der Waals surface area (Å²) >= 11 is 0. The van der Waals surface area contributed by atoms with E-state index in [9.17, 15) is 14.4 Å². The summed E-state index contributed by atoms with van der Waals surface area (Å²) in [5.41, 5.74) is 1.60. The molecule has 0 radical (unpaired) electrons. The maximum Gasteiger partial charge on any atom is 0.408 e. The molecule has 7 nitrogen and oxygen atoms in total. The topological polar surface area (TPSA) is 90.9 Å². The molecule has 0 saturated heterocycles. The Morgan fingerprint density at radius 1 is 0.929 bits per heavy atom. The molecular formula is C21H23NO6. The van der Waals surface area contributed by atoms with Crippen molar-refractivity contribution in [1.29, 1.82) is 0 Å². The van der Waals surface area contributed by atoms with Crippen LogP contribution in [0.5, 0.6) is 5.75 Å². The van der Waals surface area contributed by atoms with Crippen LogP contribution in [0.4, 0.5) is 4.79 Å². The van der Waals surface area contributed by atoms with Crippen molar-refractivity contribution in [3.05, 3.63) is 65.7 Å². The van der Waals surface area contributed by atoms with Crippen molar-refractivity contribution in [3.63, 3.8) is 0 Å². The Hall–Kier alpha value is -3.35. The molecule has 0 aromatic heterocycles. The Balaban J connectivity index is 1.97. The van der Waals surface area contributed by atoms with Gasteiger partial charge in [-0.3, -0.25) is 4.79 Å². The molecule has 0 fully saturated rings. The quantitative estimate of drug-likeness (QED) is 0.555. The number of carbonyl (C=O) groups excluding carboxylic acids is 3. The summed E-state index contributed by atoms with van der Waals surface area (Å²) < 4.78 is 15.2. The zero-order valence-corrected chi connectivity index (χ0v) is 15.8. The summed E-state index contributed by atoms with van der Waals surface area (Å²) in [5, 5.41) is 2.55. The number of ether oxygens (including phenoxy) is 3. The summed E-state index contributed by atoms with van der Waals surface area (Å²) in [6.45, 7) is 3.30. The summed E-state index contributed by atoms with van der Waals surface area (Å²) in [6.07, 6.45) is -0.502. The largest absolute Gasteiger partial charge is 0.464 e. The molecule has 0 aliphatic rings. The van der Waals surface area contributed by atoms with Gasteiger partial charge in [-0.2, -0.15) is 0 Å². The lowest BCUT2D eigenvalue weighted by Gasteiger charge is -2.17. The monoisotopic (exact) mass is 385 g/mol. The first-order valence-electron chi connectivity index (χ1n) is 8.89. The maximum atomic E-state index is 12.2. The number of alkyl carbamates (subject to hydrolysis) is 1. The van der Waals surface area contributed by atoms with Crippen LogP contribution in [0.15, 0.2) is 54.6 Å². The van der Waals surface area contributed by atoms with Gasteiger partial charge in [-0.15, -0.1) is 0 Å². The number of hydrogen-bond acceptors (Lipinski definition) is 6. The minimum atomic E-state index is -0.900.